The molecule has 0 aliphatic carbocycles. The molecule has 0 aliphatic rings. The summed E-state index contributed by atoms with van der Waals surface area (Å²) in [6, 6.07) is 12.3. The van der Waals surface area contributed by atoms with Gasteiger partial charge in [-0.3, -0.25) is 9.10 Å². The highest BCUT2D eigenvalue weighted by Crippen LogP contribution is 2.23. The van der Waals surface area contributed by atoms with Crippen molar-refractivity contribution in [2.24, 2.45) is 0 Å². The highest BCUT2D eigenvalue weighted by Gasteiger charge is 2.21. The Morgan fingerprint density at radius 3 is 2.33 bits per heavy atom. The number of ether oxygens (including phenoxy) is 1. The summed E-state index contributed by atoms with van der Waals surface area (Å²) < 4.78 is 32.1. The van der Waals surface area contributed by atoms with E-state index >= 15 is 0 Å². The molecule has 0 atom stereocenters. The van der Waals surface area contributed by atoms with Crippen LogP contribution in [0.3, 0.4) is 0 Å². The van der Waals surface area contributed by atoms with Crippen LogP contribution in [0.1, 0.15) is 19.4 Å². The van der Waals surface area contributed by atoms with Gasteiger partial charge < -0.3 is 10.1 Å². The van der Waals surface area contributed by atoms with E-state index in [0.29, 0.717) is 17.1 Å². The minimum Gasteiger partial charge on any atom is -0.491 e. The van der Waals surface area contributed by atoms with Gasteiger partial charge in [-0.25, -0.2) is 8.42 Å². The first-order valence-electron chi connectivity index (χ1n) is 8.36. The molecule has 0 aromatic heterocycles. The molecule has 1 amide bonds. The molecule has 2 rings (SSSR count). The van der Waals surface area contributed by atoms with Crippen LogP contribution in [0.4, 0.5) is 11.4 Å². The number of hydrogen-bond acceptors (Lipinski definition) is 4. The third-order valence-electron chi connectivity index (χ3n) is 3.65. The number of benzene rings is 2. The average molecular weight is 502 g/mol. The maximum absolute atomic E-state index is 12.4. The molecule has 0 saturated carbocycles. The second-order valence-corrected chi connectivity index (χ2v) is 9.59. The fourth-order valence-corrected chi connectivity index (χ4v) is 3.95. The number of carbonyl (C=O) groups is 1. The lowest BCUT2D eigenvalue weighted by molar-refractivity contribution is -0.114. The number of rotatable bonds is 7. The molecule has 0 heterocycles. The molecule has 6 nitrogen and oxygen atoms in total. The maximum atomic E-state index is 12.4. The Bertz CT molecular complexity index is 912. The summed E-state index contributed by atoms with van der Waals surface area (Å²) in [5.74, 6) is 0.230. The quantitative estimate of drug-likeness (QED) is 0.585. The third kappa shape index (κ3) is 6.39. The monoisotopic (exact) mass is 502 g/mol. The zero-order valence-electron chi connectivity index (χ0n) is 15.7. The number of hydrogen-bond donors (Lipinski definition) is 1. The van der Waals surface area contributed by atoms with Gasteiger partial charge in [0.25, 0.3) is 0 Å². The molecule has 8 heteroatoms. The van der Waals surface area contributed by atoms with Gasteiger partial charge in [0.15, 0.2) is 0 Å². The van der Waals surface area contributed by atoms with E-state index in [0.717, 1.165) is 19.7 Å². The molecular formula is C19H23IN2O4S. The summed E-state index contributed by atoms with van der Waals surface area (Å²) in [4.78, 5) is 12.4. The first-order valence-corrected chi connectivity index (χ1v) is 11.3. The summed E-state index contributed by atoms with van der Waals surface area (Å²) in [7, 11) is -3.63. The van der Waals surface area contributed by atoms with Crippen molar-refractivity contribution in [1.29, 1.82) is 0 Å². The third-order valence-corrected chi connectivity index (χ3v) is 5.46. The predicted molar refractivity (Wildman–Crippen MR) is 117 cm³/mol. The van der Waals surface area contributed by atoms with Gasteiger partial charge in [0.2, 0.25) is 15.9 Å². The zero-order valence-corrected chi connectivity index (χ0v) is 18.7. The van der Waals surface area contributed by atoms with Gasteiger partial charge in [-0.05, 0) is 91.4 Å². The van der Waals surface area contributed by atoms with Gasteiger partial charge in [-0.15, -0.1) is 0 Å². The first kappa shape index (κ1) is 21.5. The molecule has 0 unspecified atom stereocenters. The van der Waals surface area contributed by atoms with Crippen LogP contribution in [0.25, 0.3) is 0 Å². The summed E-state index contributed by atoms with van der Waals surface area (Å²) >= 11 is 2.19. The van der Waals surface area contributed by atoms with E-state index in [9.17, 15) is 13.2 Å². The number of sulfonamides is 1. The van der Waals surface area contributed by atoms with E-state index in [1.54, 1.807) is 30.3 Å². The Hall–Kier alpha value is -1.81. The van der Waals surface area contributed by atoms with Gasteiger partial charge in [-0.2, -0.15) is 0 Å². The van der Waals surface area contributed by atoms with Crippen molar-refractivity contribution in [3.05, 3.63) is 51.6 Å². The van der Waals surface area contributed by atoms with Crippen LogP contribution < -0.4 is 14.4 Å². The van der Waals surface area contributed by atoms with Gasteiger partial charge >= 0.3 is 0 Å². The van der Waals surface area contributed by atoms with E-state index in [4.69, 9.17) is 4.74 Å². The van der Waals surface area contributed by atoms with Crippen LogP contribution in [-0.2, 0) is 14.8 Å². The Labute approximate surface area is 174 Å². The van der Waals surface area contributed by atoms with Crippen molar-refractivity contribution in [1.82, 2.24) is 0 Å². The molecule has 0 fully saturated rings. The molecule has 0 radical (unpaired) electrons. The van der Waals surface area contributed by atoms with Crippen molar-refractivity contribution in [3.63, 3.8) is 0 Å². The number of anilines is 2. The van der Waals surface area contributed by atoms with Gasteiger partial charge in [0.1, 0.15) is 12.3 Å². The molecule has 1 N–H and O–H groups in total. The molecule has 27 heavy (non-hydrogen) atoms. The lowest BCUT2D eigenvalue weighted by atomic mass is 10.2. The predicted octanol–water partition coefficient (Wildman–Crippen LogP) is 3.79. The van der Waals surface area contributed by atoms with Crippen molar-refractivity contribution >= 4 is 49.9 Å². The van der Waals surface area contributed by atoms with Crippen molar-refractivity contribution in [2.45, 2.75) is 26.9 Å². The highest BCUT2D eigenvalue weighted by molar-refractivity contribution is 14.1. The number of nitrogens with zero attached hydrogens (tertiary/aromatic N) is 1. The van der Waals surface area contributed by atoms with Crippen LogP contribution in [-0.4, -0.2) is 33.2 Å². The van der Waals surface area contributed by atoms with Crippen LogP contribution in [0.5, 0.6) is 5.75 Å². The lowest BCUT2D eigenvalue weighted by Gasteiger charge is -2.22. The Morgan fingerprint density at radius 1 is 1.19 bits per heavy atom. The van der Waals surface area contributed by atoms with Gasteiger partial charge in [0.05, 0.1) is 18.0 Å². The van der Waals surface area contributed by atoms with Crippen LogP contribution in [0.15, 0.2) is 42.5 Å². The fraction of sp³-hybridized carbons (Fsp3) is 0.316. The lowest BCUT2D eigenvalue weighted by Crippen LogP contribution is -2.37. The summed E-state index contributed by atoms with van der Waals surface area (Å²) in [6.07, 6.45) is 1.10. The Morgan fingerprint density at radius 2 is 1.81 bits per heavy atom. The van der Waals surface area contributed by atoms with Gasteiger partial charge in [-0.1, -0.05) is 0 Å². The molecule has 0 bridgehead atoms. The minimum atomic E-state index is -3.63. The number of carbonyl (C=O) groups excluding carboxylic acids is 1. The van der Waals surface area contributed by atoms with E-state index in [2.05, 4.69) is 27.9 Å². The Balaban J connectivity index is 2.18. The second-order valence-electron chi connectivity index (χ2n) is 6.44. The molecule has 146 valence electrons. The summed E-state index contributed by atoms with van der Waals surface area (Å²) in [5.41, 5.74) is 1.98. The molecule has 0 spiro atoms. The second kappa shape index (κ2) is 8.92. The topological polar surface area (TPSA) is 75.7 Å². The minimum absolute atomic E-state index is 0.0183. The van der Waals surface area contributed by atoms with E-state index < -0.39 is 15.9 Å². The standard InChI is InChI=1S/C19H23IN2O4S/c1-13(2)26-17-8-6-16(7-9-17)22(27(4,24)25)12-19(23)21-18-10-5-15(20)11-14(18)3/h5-11,13H,12H2,1-4H3,(H,21,23). The first-order chi connectivity index (χ1) is 12.6. The molecular weight excluding hydrogens is 479 g/mol. The van der Waals surface area contributed by atoms with Gasteiger partial charge in [0, 0.05) is 9.26 Å². The van der Waals surface area contributed by atoms with E-state index in [-0.39, 0.29) is 12.6 Å². The van der Waals surface area contributed by atoms with Crippen LogP contribution in [0.2, 0.25) is 0 Å². The SMILES string of the molecule is Cc1cc(I)ccc1NC(=O)CN(c1ccc(OC(C)C)cc1)S(C)(=O)=O. The largest absolute Gasteiger partial charge is 0.491 e. The van der Waals surface area contributed by atoms with E-state index in [1.807, 2.05) is 32.9 Å². The van der Waals surface area contributed by atoms with Crippen molar-refractivity contribution in [2.75, 3.05) is 22.4 Å². The van der Waals surface area contributed by atoms with Crippen LogP contribution >= 0.6 is 22.6 Å². The molecule has 2 aromatic rings. The molecule has 0 aliphatic heterocycles. The summed E-state index contributed by atoms with van der Waals surface area (Å²) in [6.45, 7) is 5.40. The molecule has 0 saturated heterocycles. The number of amides is 1. The fourth-order valence-electron chi connectivity index (χ4n) is 2.45. The highest BCUT2D eigenvalue weighted by atomic mass is 127. The van der Waals surface area contributed by atoms with E-state index in [1.165, 1.54) is 0 Å². The average Bonchev–Trinajstić information content (AvgIpc) is 2.55. The normalized spacial score (nSPS) is 11.3. The number of aryl methyl sites for hydroxylation is 1. The summed E-state index contributed by atoms with van der Waals surface area (Å²) in [5, 5.41) is 2.77. The number of halogens is 1. The van der Waals surface area contributed by atoms with Crippen molar-refractivity contribution < 1.29 is 17.9 Å². The Kier molecular flexibility index (Phi) is 7.10. The molecule has 2 aromatic carbocycles. The smallest absolute Gasteiger partial charge is 0.245 e. The van der Waals surface area contributed by atoms with Crippen molar-refractivity contribution in [3.8, 4) is 5.75 Å². The maximum Gasteiger partial charge on any atom is 0.245 e. The number of nitrogens with one attached hydrogen (secondary N) is 1. The zero-order chi connectivity index (χ0) is 20.2. The van der Waals surface area contributed by atoms with Crippen LogP contribution in [0, 0.1) is 10.5 Å².